The Balaban J connectivity index is 1.80. The largest absolute Gasteiger partial charge is 0.396 e. The lowest BCUT2D eigenvalue weighted by atomic mass is 9.98. The summed E-state index contributed by atoms with van der Waals surface area (Å²) in [5, 5.41) is 23.0. The number of benzene rings is 1. The van der Waals surface area contributed by atoms with E-state index in [0.29, 0.717) is 29.2 Å². The zero-order valence-electron chi connectivity index (χ0n) is 14.7. The minimum Gasteiger partial charge on any atom is -0.396 e. The molecule has 1 aromatic carbocycles. The number of likely N-dealkylation sites (tertiary alicyclic amines) is 1. The third kappa shape index (κ3) is 4.52. The molecule has 0 saturated carbocycles. The first-order chi connectivity index (χ1) is 12.6. The van der Waals surface area contributed by atoms with Crippen LogP contribution in [0.4, 0.5) is 5.69 Å². The average molecular weight is 395 g/mol. The predicted molar refractivity (Wildman–Crippen MR) is 104 cm³/mol. The maximum absolute atomic E-state index is 13.2. The first-order valence-corrected chi connectivity index (χ1v) is 10.0. The Morgan fingerprint density at radius 1 is 1.42 bits per heavy atom. The molecule has 140 valence electrons. The Hall–Kier alpha value is -1.70. The molecule has 26 heavy (non-hydrogen) atoms. The molecule has 2 aromatic rings. The van der Waals surface area contributed by atoms with Crippen molar-refractivity contribution in [1.82, 2.24) is 15.1 Å². The number of carbonyl (C=O) groups is 1. The maximum Gasteiger partial charge on any atom is 0.256 e. The van der Waals surface area contributed by atoms with Crippen LogP contribution in [0.1, 0.15) is 46.1 Å². The summed E-state index contributed by atoms with van der Waals surface area (Å²) in [5.74, 6) is -0.0178. The van der Waals surface area contributed by atoms with Crippen molar-refractivity contribution in [2.45, 2.75) is 45.2 Å². The number of nitrogens with one attached hydrogen (secondary N) is 1. The number of halogens is 1. The van der Waals surface area contributed by atoms with Gasteiger partial charge in [0.05, 0.1) is 12.1 Å². The van der Waals surface area contributed by atoms with E-state index in [1.165, 1.54) is 11.3 Å². The van der Waals surface area contributed by atoms with Gasteiger partial charge in [0.2, 0.25) is 0 Å². The summed E-state index contributed by atoms with van der Waals surface area (Å²) < 4.78 is 0. The highest BCUT2D eigenvalue weighted by Crippen LogP contribution is 2.27. The van der Waals surface area contributed by atoms with Crippen molar-refractivity contribution in [2.24, 2.45) is 0 Å². The topological polar surface area (TPSA) is 78.4 Å². The number of aliphatic hydroxyl groups is 1. The van der Waals surface area contributed by atoms with Crippen LogP contribution >= 0.6 is 22.9 Å². The van der Waals surface area contributed by atoms with Crippen LogP contribution in [0.3, 0.4) is 0 Å². The van der Waals surface area contributed by atoms with Crippen LogP contribution in [-0.4, -0.2) is 45.3 Å². The normalized spacial score (nSPS) is 17.3. The molecule has 1 atom stereocenters. The number of nitrogens with zero attached hydrogens (tertiary/aromatic N) is 3. The van der Waals surface area contributed by atoms with Gasteiger partial charge in [-0.25, -0.2) is 0 Å². The molecule has 1 aliphatic heterocycles. The van der Waals surface area contributed by atoms with Crippen molar-refractivity contribution in [3.63, 3.8) is 0 Å². The van der Waals surface area contributed by atoms with Crippen molar-refractivity contribution in [2.75, 3.05) is 18.5 Å². The second-order valence-corrected chi connectivity index (χ2v) is 8.12. The van der Waals surface area contributed by atoms with Gasteiger partial charge in [0.25, 0.3) is 5.91 Å². The summed E-state index contributed by atoms with van der Waals surface area (Å²) in [6, 6.07) is 5.37. The van der Waals surface area contributed by atoms with Gasteiger partial charge in [-0.05, 0) is 50.8 Å². The summed E-state index contributed by atoms with van der Waals surface area (Å²) in [6.45, 7) is 3.22. The number of carbonyl (C=O) groups excluding carboxylic acids is 1. The van der Waals surface area contributed by atoms with Crippen molar-refractivity contribution >= 4 is 34.5 Å². The van der Waals surface area contributed by atoms with Crippen LogP contribution in [0.2, 0.25) is 5.02 Å². The minimum absolute atomic E-state index is 0.0178. The highest BCUT2D eigenvalue weighted by atomic mass is 35.5. The summed E-state index contributed by atoms with van der Waals surface area (Å²) in [6.07, 6.45) is 3.64. The van der Waals surface area contributed by atoms with E-state index in [4.69, 9.17) is 11.6 Å². The molecule has 2 heterocycles. The molecular formula is C18H23ClN4O2S. The highest BCUT2D eigenvalue weighted by Gasteiger charge is 2.28. The molecule has 1 unspecified atom stereocenters. The Labute approximate surface area is 162 Å². The highest BCUT2D eigenvalue weighted by molar-refractivity contribution is 7.11. The first-order valence-electron chi connectivity index (χ1n) is 8.82. The number of rotatable bonds is 6. The molecule has 8 heteroatoms. The quantitative estimate of drug-likeness (QED) is 0.784. The predicted octanol–water partition coefficient (Wildman–Crippen LogP) is 3.49. The van der Waals surface area contributed by atoms with E-state index >= 15 is 0 Å². The van der Waals surface area contributed by atoms with Crippen LogP contribution in [0.5, 0.6) is 0 Å². The number of anilines is 1. The van der Waals surface area contributed by atoms with Crippen molar-refractivity contribution in [1.29, 1.82) is 0 Å². The van der Waals surface area contributed by atoms with E-state index in [1.807, 2.05) is 11.8 Å². The molecule has 1 aromatic heterocycles. The lowest BCUT2D eigenvalue weighted by Crippen LogP contribution is -2.44. The van der Waals surface area contributed by atoms with Gasteiger partial charge in [-0.2, -0.15) is 0 Å². The lowest BCUT2D eigenvalue weighted by Gasteiger charge is -2.36. The van der Waals surface area contributed by atoms with Crippen molar-refractivity contribution < 1.29 is 9.90 Å². The summed E-state index contributed by atoms with van der Waals surface area (Å²) in [4.78, 5) is 15.1. The monoisotopic (exact) mass is 394 g/mol. The number of aliphatic hydroxyl groups excluding tert-OH is 1. The number of hydrogen-bond donors (Lipinski definition) is 2. The van der Waals surface area contributed by atoms with E-state index in [-0.39, 0.29) is 18.6 Å². The molecule has 0 aliphatic carbocycles. The molecule has 1 saturated heterocycles. The first kappa shape index (κ1) is 19.1. The molecule has 0 spiro atoms. The fourth-order valence-corrected chi connectivity index (χ4v) is 4.12. The molecule has 0 radical (unpaired) electrons. The van der Waals surface area contributed by atoms with Crippen LogP contribution in [0.25, 0.3) is 0 Å². The molecule has 3 rings (SSSR count). The van der Waals surface area contributed by atoms with Crippen LogP contribution in [0, 0.1) is 6.92 Å². The third-order valence-electron chi connectivity index (χ3n) is 4.56. The van der Waals surface area contributed by atoms with E-state index in [2.05, 4.69) is 15.5 Å². The van der Waals surface area contributed by atoms with Gasteiger partial charge in [0.15, 0.2) is 0 Å². The fourth-order valence-electron chi connectivity index (χ4n) is 3.30. The molecule has 1 amide bonds. The van der Waals surface area contributed by atoms with Crippen molar-refractivity contribution in [3.05, 3.63) is 38.8 Å². The van der Waals surface area contributed by atoms with Gasteiger partial charge in [-0.3, -0.25) is 4.79 Å². The second-order valence-electron chi connectivity index (χ2n) is 6.42. The zero-order valence-corrected chi connectivity index (χ0v) is 16.3. The van der Waals surface area contributed by atoms with E-state index < -0.39 is 0 Å². The Morgan fingerprint density at radius 3 is 3.00 bits per heavy atom. The average Bonchev–Trinajstić information content (AvgIpc) is 3.06. The molecule has 0 bridgehead atoms. The molecule has 1 aliphatic rings. The molecule has 6 nitrogen and oxygen atoms in total. The van der Waals surface area contributed by atoms with Crippen LogP contribution in [0.15, 0.2) is 18.2 Å². The van der Waals surface area contributed by atoms with Crippen molar-refractivity contribution in [3.8, 4) is 0 Å². The smallest absolute Gasteiger partial charge is 0.256 e. The van der Waals surface area contributed by atoms with E-state index in [9.17, 15) is 9.90 Å². The number of hydrogen-bond acceptors (Lipinski definition) is 6. The SMILES string of the molecule is Cc1nnc(CNc2cc(Cl)ccc2C(=O)N2CCCCC2CCO)s1. The van der Waals surface area contributed by atoms with Gasteiger partial charge in [-0.15, -0.1) is 10.2 Å². The van der Waals surface area contributed by atoms with Gasteiger partial charge in [0, 0.05) is 29.9 Å². The summed E-state index contributed by atoms with van der Waals surface area (Å²) >= 11 is 7.67. The number of piperidine rings is 1. The van der Waals surface area contributed by atoms with Gasteiger partial charge < -0.3 is 15.3 Å². The summed E-state index contributed by atoms with van der Waals surface area (Å²) in [5.41, 5.74) is 1.30. The Morgan fingerprint density at radius 2 is 2.27 bits per heavy atom. The molecule has 1 fully saturated rings. The second kappa shape index (κ2) is 8.79. The van der Waals surface area contributed by atoms with Gasteiger partial charge in [0.1, 0.15) is 10.0 Å². The number of aromatic nitrogens is 2. The van der Waals surface area contributed by atoms with Gasteiger partial charge in [-0.1, -0.05) is 22.9 Å². The third-order valence-corrected chi connectivity index (χ3v) is 5.63. The van der Waals surface area contributed by atoms with E-state index in [0.717, 1.165) is 35.8 Å². The van der Waals surface area contributed by atoms with Crippen LogP contribution < -0.4 is 5.32 Å². The number of aryl methyl sites for hydroxylation is 1. The van der Waals surface area contributed by atoms with Crippen LogP contribution in [-0.2, 0) is 6.54 Å². The minimum atomic E-state index is -0.0178. The molecule has 2 N–H and O–H groups in total. The standard InChI is InChI=1S/C18H23ClN4O2S/c1-12-21-22-17(26-12)11-20-16-10-13(19)5-6-15(16)18(25)23-8-3-2-4-14(23)7-9-24/h5-6,10,14,20,24H,2-4,7-9,11H2,1H3. The molecular weight excluding hydrogens is 372 g/mol. The Bertz CT molecular complexity index is 765. The van der Waals surface area contributed by atoms with Gasteiger partial charge >= 0.3 is 0 Å². The summed E-state index contributed by atoms with van der Waals surface area (Å²) in [7, 11) is 0. The lowest BCUT2D eigenvalue weighted by molar-refractivity contribution is 0.0575. The maximum atomic E-state index is 13.2. The number of amides is 1. The van der Waals surface area contributed by atoms with E-state index in [1.54, 1.807) is 18.2 Å². The fraction of sp³-hybridized carbons (Fsp3) is 0.500. The Kier molecular flexibility index (Phi) is 6.45. The zero-order chi connectivity index (χ0) is 18.5.